The van der Waals surface area contributed by atoms with Gasteiger partial charge in [0.25, 0.3) is 0 Å². The molecule has 0 aromatic carbocycles. The van der Waals surface area contributed by atoms with Gasteiger partial charge >= 0.3 is 0 Å². The zero-order valence-corrected chi connectivity index (χ0v) is 13.5. The molecule has 0 heterocycles. The predicted octanol–water partition coefficient (Wildman–Crippen LogP) is 3.34. The van der Waals surface area contributed by atoms with E-state index >= 15 is 0 Å². The summed E-state index contributed by atoms with van der Waals surface area (Å²) in [6.45, 7) is 7.88. The Bertz CT molecular complexity index is 195. The number of hydrogen-bond acceptors (Lipinski definition) is 4. The highest BCUT2D eigenvalue weighted by atomic mass is 16.3. The number of carbonyl (C=O) groups excluding carboxylic acids is 3. The molecule has 4 nitrogen and oxygen atoms in total. The van der Waals surface area contributed by atoms with E-state index in [4.69, 9.17) is 0 Å². The Morgan fingerprint density at radius 3 is 1.45 bits per heavy atom. The van der Waals surface area contributed by atoms with Gasteiger partial charge < -0.3 is 19.5 Å². The lowest BCUT2D eigenvalue weighted by Gasteiger charge is -2.13. The molecular formula is C16H32O4. The molecule has 0 saturated carbocycles. The maximum absolute atomic E-state index is 10.3. The number of carbonyl (C=O) groups is 3. The third-order valence-corrected chi connectivity index (χ3v) is 2.54. The van der Waals surface area contributed by atoms with E-state index < -0.39 is 6.10 Å². The zero-order valence-electron chi connectivity index (χ0n) is 13.5. The highest BCUT2D eigenvalue weighted by Gasteiger charge is 2.14. The van der Waals surface area contributed by atoms with Crippen molar-refractivity contribution >= 4 is 18.9 Å². The molecule has 0 aliphatic rings. The summed E-state index contributed by atoms with van der Waals surface area (Å²) in [4.78, 5) is 29.1. The van der Waals surface area contributed by atoms with Crippen LogP contribution in [-0.2, 0) is 14.4 Å². The molecule has 0 amide bonds. The third-order valence-electron chi connectivity index (χ3n) is 2.54. The molecule has 0 bridgehead atoms. The van der Waals surface area contributed by atoms with Crippen molar-refractivity contribution in [2.24, 2.45) is 5.92 Å². The fraction of sp³-hybridized carbons (Fsp3) is 0.812. The second-order valence-corrected chi connectivity index (χ2v) is 4.47. The van der Waals surface area contributed by atoms with Gasteiger partial charge in [-0.3, -0.25) is 0 Å². The smallest absolute Gasteiger partial charge is 0.125 e. The Morgan fingerprint density at radius 2 is 1.30 bits per heavy atom. The Balaban J connectivity index is -0.000000244. The molecule has 0 spiro atoms. The van der Waals surface area contributed by atoms with E-state index in [-0.39, 0.29) is 5.92 Å². The van der Waals surface area contributed by atoms with Gasteiger partial charge in [-0.25, -0.2) is 0 Å². The maximum Gasteiger partial charge on any atom is 0.125 e. The fourth-order valence-corrected chi connectivity index (χ4v) is 1.20. The standard InChI is InChI=1S/C8H16O2.2C4H8O/c1-3-5-8(10)7(4-2)6-9;2*1-2-3-4-5/h6-8,10H,3-5H2,1-2H3;2*4H,2-3H2,1H3. The van der Waals surface area contributed by atoms with Crippen LogP contribution in [0.2, 0.25) is 0 Å². The maximum atomic E-state index is 10.3. The Labute approximate surface area is 124 Å². The molecule has 0 aromatic heterocycles. The van der Waals surface area contributed by atoms with Gasteiger partial charge in [-0.15, -0.1) is 0 Å². The fourth-order valence-electron chi connectivity index (χ4n) is 1.20. The van der Waals surface area contributed by atoms with Gasteiger partial charge in [-0.2, -0.15) is 0 Å². The number of rotatable bonds is 9. The van der Waals surface area contributed by atoms with E-state index in [2.05, 4.69) is 0 Å². The summed E-state index contributed by atoms with van der Waals surface area (Å²) < 4.78 is 0. The van der Waals surface area contributed by atoms with Crippen LogP contribution in [0, 0.1) is 5.92 Å². The van der Waals surface area contributed by atoms with E-state index in [0.29, 0.717) is 12.8 Å². The van der Waals surface area contributed by atoms with Crippen molar-refractivity contribution in [3.8, 4) is 0 Å². The average molecular weight is 288 g/mol. The van der Waals surface area contributed by atoms with Crippen molar-refractivity contribution in [3.05, 3.63) is 0 Å². The van der Waals surface area contributed by atoms with Gasteiger partial charge in [-0.1, -0.05) is 34.1 Å². The minimum Gasteiger partial charge on any atom is -0.392 e. The molecule has 4 heteroatoms. The van der Waals surface area contributed by atoms with Crippen LogP contribution < -0.4 is 0 Å². The van der Waals surface area contributed by atoms with Gasteiger partial charge in [0.05, 0.1) is 6.10 Å². The molecule has 0 aromatic rings. The van der Waals surface area contributed by atoms with Crippen molar-refractivity contribution in [2.45, 2.75) is 78.7 Å². The quantitative estimate of drug-likeness (QED) is 0.660. The third kappa shape index (κ3) is 22.2. The summed E-state index contributed by atoms with van der Waals surface area (Å²) >= 11 is 0. The van der Waals surface area contributed by atoms with E-state index in [1.54, 1.807) is 0 Å². The second kappa shape index (κ2) is 23.1. The molecule has 0 radical (unpaired) electrons. The van der Waals surface area contributed by atoms with Gasteiger partial charge in [0, 0.05) is 18.8 Å². The van der Waals surface area contributed by atoms with Crippen molar-refractivity contribution in [2.75, 3.05) is 0 Å². The molecule has 2 unspecified atom stereocenters. The lowest BCUT2D eigenvalue weighted by atomic mass is 9.98. The van der Waals surface area contributed by atoms with Crippen LogP contribution in [0.15, 0.2) is 0 Å². The van der Waals surface area contributed by atoms with Gasteiger partial charge in [0.1, 0.15) is 18.9 Å². The normalized spacial score (nSPS) is 11.8. The minimum absolute atomic E-state index is 0.153. The van der Waals surface area contributed by atoms with Crippen LogP contribution in [0.5, 0.6) is 0 Å². The summed E-state index contributed by atoms with van der Waals surface area (Å²) in [6.07, 6.45) is 8.06. The Hall–Kier alpha value is -1.03. The van der Waals surface area contributed by atoms with Crippen LogP contribution in [-0.4, -0.2) is 30.1 Å². The summed E-state index contributed by atoms with van der Waals surface area (Å²) in [5, 5.41) is 9.28. The predicted molar refractivity (Wildman–Crippen MR) is 82.7 cm³/mol. The summed E-state index contributed by atoms with van der Waals surface area (Å²) in [7, 11) is 0. The minimum atomic E-state index is -0.424. The van der Waals surface area contributed by atoms with E-state index in [1.165, 1.54) is 0 Å². The molecule has 1 N–H and O–H groups in total. The average Bonchev–Trinajstić information content (AvgIpc) is 2.44. The topological polar surface area (TPSA) is 71.4 Å². The van der Waals surface area contributed by atoms with E-state index in [9.17, 15) is 19.5 Å². The molecule has 0 rings (SSSR count). The van der Waals surface area contributed by atoms with Crippen LogP contribution >= 0.6 is 0 Å². The molecule has 2 atom stereocenters. The number of unbranched alkanes of at least 4 members (excludes halogenated alkanes) is 2. The first-order chi connectivity index (χ1) is 9.59. The molecule has 0 saturated heterocycles. The first kappa shape index (κ1) is 24.0. The Kier molecular flexibility index (Phi) is 27.7. The Morgan fingerprint density at radius 1 is 0.850 bits per heavy atom. The molecule has 0 aliphatic heterocycles. The molecule has 20 heavy (non-hydrogen) atoms. The highest BCUT2D eigenvalue weighted by molar-refractivity contribution is 5.54. The summed E-state index contributed by atoms with van der Waals surface area (Å²) in [5.41, 5.74) is 0. The molecule has 120 valence electrons. The number of aliphatic hydroxyl groups is 1. The lowest BCUT2D eigenvalue weighted by Crippen LogP contribution is -2.20. The van der Waals surface area contributed by atoms with Crippen LogP contribution in [0.1, 0.15) is 72.6 Å². The molecule has 0 fully saturated rings. The van der Waals surface area contributed by atoms with Gasteiger partial charge in [-0.05, 0) is 25.7 Å². The van der Waals surface area contributed by atoms with Gasteiger partial charge in [0.15, 0.2) is 0 Å². The van der Waals surface area contributed by atoms with Crippen LogP contribution in [0.3, 0.4) is 0 Å². The summed E-state index contributed by atoms with van der Waals surface area (Å²) in [5.74, 6) is -0.153. The first-order valence-electron chi connectivity index (χ1n) is 7.59. The largest absolute Gasteiger partial charge is 0.392 e. The SMILES string of the molecule is CCCC(O)C(C=O)CC.CCCC=O.CCCC=O. The number of aldehydes is 3. The van der Waals surface area contributed by atoms with Crippen LogP contribution in [0.4, 0.5) is 0 Å². The first-order valence-corrected chi connectivity index (χ1v) is 7.59. The van der Waals surface area contributed by atoms with Crippen molar-refractivity contribution in [1.29, 1.82) is 0 Å². The van der Waals surface area contributed by atoms with E-state index in [0.717, 1.165) is 51.0 Å². The molecule has 0 aliphatic carbocycles. The van der Waals surface area contributed by atoms with Crippen molar-refractivity contribution in [3.63, 3.8) is 0 Å². The zero-order chi connectivity index (χ0) is 16.2. The monoisotopic (exact) mass is 288 g/mol. The van der Waals surface area contributed by atoms with Gasteiger partial charge in [0.2, 0.25) is 0 Å². The second-order valence-electron chi connectivity index (χ2n) is 4.47. The molecular weight excluding hydrogens is 256 g/mol. The summed E-state index contributed by atoms with van der Waals surface area (Å²) in [6, 6.07) is 0. The van der Waals surface area contributed by atoms with Crippen molar-refractivity contribution < 1.29 is 19.5 Å². The van der Waals surface area contributed by atoms with E-state index in [1.807, 2.05) is 27.7 Å². The highest BCUT2D eigenvalue weighted by Crippen LogP contribution is 2.10. The van der Waals surface area contributed by atoms with Crippen LogP contribution in [0.25, 0.3) is 0 Å². The lowest BCUT2D eigenvalue weighted by molar-refractivity contribution is -0.114. The van der Waals surface area contributed by atoms with Crippen molar-refractivity contribution in [1.82, 2.24) is 0 Å². The number of aliphatic hydroxyl groups excluding tert-OH is 1. The number of hydrogen-bond donors (Lipinski definition) is 1.